The van der Waals surface area contributed by atoms with Crippen LogP contribution in [0.25, 0.3) is 11.1 Å². The smallest absolute Gasteiger partial charge is 0.324 e. The largest absolute Gasteiger partial charge is 0.465 e. The molecule has 4 bridgehead atoms. The summed E-state index contributed by atoms with van der Waals surface area (Å²) < 4.78 is 35.2. The molecule has 2 saturated carbocycles. The number of rotatable bonds is 6. The van der Waals surface area contributed by atoms with Gasteiger partial charge in [0.1, 0.15) is 0 Å². The van der Waals surface area contributed by atoms with Gasteiger partial charge in [0.25, 0.3) is 0 Å². The first-order valence-corrected chi connectivity index (χ1v) is 20.5. The number of hydrogen-bond donors (Lipinski definition) is 0. The summed E-state index contributed by atoms with van der Waals surface area (Å²) in [6.45, 7) is 12.4. The number of carbonyl (C=O) groups is 4. The Morgan fingerprint density at radius 1 is 0.643 bits per heavy atom. The van der Waals surface area contributed by atoms with E-state index in [1.54, 1.807) is 13.8 Å². The highest BCUT2D eigenvalue weighted by Crippen LogP contribution is 2.67. The topological polar surface area (TPSA) is 124 Å². The fourth-order valence-corrected chi connectivity index (χ4v) is 12.1. The second-order valence-corrected chi connectivity index (χ2v) is 17.4. The normalized spacial score (nSPS) is 35.1. The minimum Gasteiger partial charge on any atom is -0.465 e. The summed E-state index contributed by atoms with van der Waals surface area (Å²) in [4.78, 5) is 53.8. The predicted octanol–water partition coefficient (Wildman–Crippen LogP) is 6.61. The molecule has 8 atom stereocenters. The van der Waals surface area contributed by atoms with Crippen molar-refractivity contribution in [2.24, 2.45) is 34.5 Å². The molecule has 0 unspecified atom stereocenters. The summed E-state index contributed by atoms with van der Waals surface area (Å²) in [5.74, 6) is -2.53. The Hall–Kier alpha value is -3.96. The Morgan fingerprint density at radius 2 is 1.04 bits per heavy atom. The Morgan fingerprint density at radius 3 is 1.39 bits per heavy atom. The molecule has 6 aliphatic carbocycles. The second kappa shape index (κ2) is 13.3. The van der Waals surface area contributed by atoms with E-state index in [1.807, 2.05) is 52.0 Å². The Labute approximate surface area is 328 Å². The van der Waals surface area contributed by atoms with E-state index in [1.165, 1.54) is 33.4 Å². The first-order chi connectivity index (χ1) is 26.8. The zero-order valence-corrected chi connectivity index (χ0v) is 33.2. The maximum atomic E-state index is 13.5. The lowest BCUT2D eigenvalue weighted by Gasteiger charge is -2.43. The number of ether oxygens (including phenoxy) is 6. The fraction of sp³-hybridized carbons (Fsp3) is 0.565. The number of hydrogen-bond acceptors (Lipinski definition) is 10. The van der Waals surface area contributed by atoms with Crippen LogP contribution in [0.3, 0.4) is 0 Å². The van der Waals surface area contributed by atoms with Crippen molar-refractivity contribution in [3.8, 4) is 0 Å². The minimum atomic E-state index is -1.23. The van der Waals surface area contributed by atoms with E-state index in [4.69, 9.17) is 28.4 Å². The van der Waals surface area contributed by atoms with Crippen molar-refractivity contribution in [2.45, 2.75) is 104 Å². The highest BCUT2D eigenvalue weighted by molar-refractivity contribution is 6.14. The van der Waals surface area contributed by atoms with Gasteiger partial charge in [0, 0.05) is 24.7 Å². The Kier molecular flexibility index (Phi) is 8.93. The van der Waals surface area contributed by atoms with Crippen molar-refractivity contribution in [1.29, 1.82) is 0 Å². The summed E-state index contributed by atoms with van der Waals surface area (Å²) in [6, 6.07) is 16.5. The lowest BCUT2D eigenvalue weighted by molar-refractivity contribution is -0.176. The molecule has 296 valence electrons. The molecule has 0 amide bonds. The third-order valence-electron chi connectivity index (χ3n) is 13.9. The van der Waals surface area contributed by atoms with Crippen LogP contribution in [0.2, 0.25) is 0 Å². The molecule has 8 aliphatic rings. The molecule has 0 aromatic heterocycles. The van der Waals surface area contributed by atoms with Crippen LogP contribution < -0.4 is 0 Å². The van der Waals surface area contributed by atoms with Crippen LogP contribution in [-0.4, -0.2) is 73.7 Å². The van der Waals surface area contributed by atoms with E-state index in [2.05, 4.69) is 24.3 Å². The lowest BCUT2D eigenvalue weighted by atomic mass is 9.60. The van der Waals surface area contributed by atoms with Gasteiger partial charge in [0.2, 0.25) is 0 Å². The highest BCUT2D eigenvalue weighted by atomic mass is 16.7. The van der Waals surface area contributed by atoms with Crippen LogP contribution in [0.5, 0.6) is 0 Å². The Balaban J connectivity index is 0.000000146. The van der Waals surface area contributed by atoms with Gasteiger partial charge in [0.15, 0.2) is 34.0 Å². The van der Waals surface area contributed by atoms with Gasteiger partial charge < -0.3 is 28.4 Å². The monoisotopic (exact) mass is 764 g/mol. The van der Waals surface area contributed by atoms with E-state index in [0.717, 1.165) is 24.0 Å². The van der Waals surface area contributed by atoms with Crippen LogP contribution in [0, 0.1) is 34.5 Å². The standard InChI is InChI=1S/2C23H26O5/c2*1-4-26-21(25)23-16-11-13-7-5-6-8-14(13)19(16)15(9-10-18(23)24)20(23)17-12-27-22(2,3)28-17/h2*5-8,15,17,20H,4,9-12H2,1-3H3/t2*15-,17-,20+,23+/m11/s1. The molecule has 56 heavy (non-hydrogen) atoms. The first kappa shape index (κ1) is 37.6. The molecule has 2 saturated heterocycles. The minimum absolute atomic E-state index is 0.0155. The van der Waals surface area contributed by atoms with Crippen LogP contribution >= 0.6 is 0 Å². The Bertz CT molecular complexity index is 1940. The van der Waals surface area contributed by atoms with E-state index >= 15 is 0 Å². The molecular weight excluding hydrogens is 712 g/mol. The van der Waals surface area contributed by atoms with E-state index in [-0.39, 0.29) is 60.7 Å². The molecule has 10 rings (SSSR count). The third-order valence-corrected chi connectivity index (χ3v) is 13.9. The highest BCUT2D eigenvalue weighted by Gasteiger charge is 2.71. The van der Waals surface area contributed by atoms with E-state index in [9.17, 15) is 19.2 Å². The molecular formula is C46H52O10. The van der Waals surface area contributed by atoms with Crippen molar-refractivity contribution in [3.63, 3.8) is 0 Å². The summed E-state index contributed by atoms with van der Waals surface area (Å²) in [5, 5.41) is 0. The van der Waals surface area contributed by atoms with Gasteiger partial charge in [0.05, 0.1) is 38.6 Å². The van der Waals surface area contributed by atoms with Crippen molar-refractivity contribution in [3.05, 3.63) is 81.9 Å². The summed E-state index contributed by atoms with van der Waals surface area (Å²) in [6.07, 6.45) is 2.99. The van der Waals surface area contributed by atoms with Gasteiger partial charge >= 0.3 is 11.9 Å². The van der Waals surface area contributed by atoms with Gasteiger partial charge in [-0.1, -0.05) is 48.5 Å². The van der Waals surface area contributed by atoms with Crippen LogP contribution in [0.1, 0.15) is 89.5 Å². The van der Waals surface area contributed by atoms with Gasteiger partial charge in [-0.2, -0.15) is 0 Å². The SMILES string of the molecule is CCOC(=O)[C@]12C(=O)CC[C@H](C3=C1Cc1ccccc13)[C@H]2[C@H]1COC(C)(C)O1.CCOC(=O)[C@]12C(=O)CC[C@H](C3=C1Cc1ccccc13)[C@H]2[C@H]1COC(C)(C)O1. The summed E-state index contributed by atoms with van der Waals surface area (Å²) in [7, 11) is 0. The quantitative estimate of drug-likeness (QED) is 0.235. The van der Waals surface area contributed by atoms with Crippen molar-refractivity contribution >= 4 is 34.7 Å². The van der Waals surface area contributed by atoms with Crippen molar-refractivity contribution < 1.29 is 47.6 Å². The number of carbonyl (C=O) groups excluding carboxylic acids is 4. The first-order valence-electron chi connectivity index (χ1n) is 20.5. The zero-order valence-electron chi connectivity index (χ0n) is 33.2. The number of Topliss-reactive ketones (excluding diaryl/α,β-unsaturated/α-hetero) is 2. The molecule has 0 spiro atoms. The van der Waals surface area contributed by atoms with Crippen LogP contribution in [0.4, 0.5) is 0 Å². The molecule has 2 aromatic carbocycles. The van der Waals surface area contributed by atoms with Crippen LogP contribution in [-0.2, 0) is 60.4 Å². The lowest BCUT2D eigenvalue weighted by Crippen LogP contribution is -2.55. The summed E-state index contributed by atoms with van der Waals surface area (Å²) >= 11 is 0. The van der Waals surface area contributed by atoms with Gasteiger partial charge in [-0.25, -0.2) is 0 Å². The van der Waals surface area contributed by atoms with Gasteiger partial charge in [-0.05, 0) is 124 Å². The molecule has 0 N–H and O–H groups in total. The molecule has 10 nitrogen and oxygen atoms in total. The molecule has 2 heterocycles. The molecule has 10 heteroatoms. The third kappa shape index (κ3) is 5.21. The number of ketones is 2. The molecule has 4 fully saturated rings. The molecule has 2 aromatic rings. The van der Waals surface area contributed by atoms with Gasteiger partial charge in [-0.3, -0.25) is 19.2 Å². The number of fused-ring (bicyclic) bond motifs is 12. The average molecular weight is 765 g/mol. The maximum absolute atomic E-state index is 13.5. The van der Waals surface area contributed by atoms with E-state index in [0.29, 0.717) is 38.9 Å². The van der Waals surface area contributed by atoms with Crippen molar-refractivity contribution in [2.75, 3.05) is 26.4 Å². The fourth-order valence-electron chi connectivity index (χ4n) is 12.1. The zero-order chi connectivity index (χ0) is 39.4. The number of benzene rings is 2. The number of allylic oxidation sites excluding steroid dienone is 2. The molecule has 2 aliphatic heterocycles. The van der Waals surface area contributed by atoms with Crippen LogP contribution in [0.15, 0.2) is 59.7 Å². The second-order valence-electron chi connectivity index (χ2n) is 17.4. The van der Waals surface area contributed by atoms with Crippen molar-refractivity contribution in [1.82, 2.24) is 0 Å². The predicted molar refractivity (Wildman–Crippen MR) is 205 cm³/mol. The van der Waals surface area contributed by atoms with Gasteiger partial charge in [-0.15, -0.1) is 0 Å². The number of esters is 2. The maximum Gasteiger partial charge on any atom is 0.324 e. The average Bonchev–Trinajstić information content (AvgIpc) is 3.98. The molecule has 0 radical (unpaired) electrons. The van der Waals surface area contributed by atoms with E-state index < -0.39 is 34.3 Å². The summed E-state index contributed by atoms with van der Waals surface area (Å²) in [5.41, 5.74) is 6.59.